The number of rotatable bonds is 6. The van der Waals surface area contributed by atoms with Crippen LogP contribution in [0.1, 0.15) is 22.6 Å². The molecule has 0 aliphatic carbocycles. The molecule has 2 aromatic carbocycles. The van der Waals surface area contributed by atoms with E-state index in [1.807, 2.05) is 18.2 Å². The molecular formula is C21H28ClN3O. The van der Waals surface area contributed by atoms with Gasteiger partial charge in [-0.05, 0) is 30.5 Å². The highest BCUT2D eigenvalue weighted by atomic mass is 35.5. The van der Waals surface area contributed by atoms with Crippen molar-refractivity contribution in [2.24, 2.45) is 11.7 Å². The lowest BCUT2D eigenvalue weighted by atomic mass is 9.89. The van der Waals surface area contributed by atoms with Gasteiger partial charge in [0.1, 0.15) is 0 Å². The van der Waals surface area contributed by atoms with Gasteiger partial charge in [-0.15, -0.1) is 12.4 Å². The van der Waals surface area contributed by atoms with Crippen LogP contribution in [0, 0.1) is 12.8 Å². The summed E-state index contributed by atoms with van der Waals surface area (Å²) in [5.41, 5.74) is 9.64. The highest BCUT2D eigenvalue weighted by molar-refractivity contribution is 5.85. The number of aryl methyl sites for hydroxylation is 1. The number of halogens is 1. The Bertz CT molecular complexity index is 707. The van der Waals surface area contributed by atoms with Crippen molar-refractivity contribution in [3.8, 4) is 0 Å². The number of likely N-dealkylation sites (tertiary alicyclic amines) is 1. The van der Waals surface area contributed by atoms with Gasteiger partial charge in [-0.1, -0.05) is 60.2 Å². The van der Waals surface area contributed by atoms with Crippen molar-refractivity contribution in [1.82, 2.24) is 10.2 Å². The molecule has 3 N–H and O–H groups in total. The summed E-state index contributed by atoms with van der Waals surface area (Å²) in [4.78, 5) is 14.5. The van der Waals surface area contributed by atoms with Crippen LogP contribution in [0.2, 0.25) is 0 Å². The van der Waals surface area contributed by atoms with E-state index < -0.39 is 0 Å². The minimum atomic E-state index is 0. The maximum Gasteiger partial charge on any atom is 0.234 e. The third-order valence-electron chi connectivity index (χ3n) is 4.99. The van der Waals surface area contributed by atoms with Crippen molar-refractivity contribution < 1.29 is 4.79 Å². The fourth-order valence-electron chi connectivity index (χ4n) is 3.69. The summed E-state index contributed by atoms with van der Waals surface area (Å²) in [6, 6.07) is 18.7. The molecule has 1 saturated heterocycles. The second-order valence-corrected chi connectivity index (χ2v) is 6.97. The Labute approximate surface area is 162 Å². The largest absolute Gasteiger partial charge is 0.351 e. The zero-order chi connectivity index (χ0) is 17.6. The van der Waals surface area contributed by atoms with E-state index in [4.69, 9.17) is 5.73 Å². The normalized spacial score (nSPS) is 19.8. The Morgan fingerprint density at radius 2 is 1.92 bits per heavy atom. The fourth-order valence-corrected chi connectivity index (χ4v) is 3.69. The first kappa shape index (κ1) is 20.4. The number of nitrogens with two attached hydrogens (primary N) is 1. The zero-order valence-corrected chi connectivity index (χ0v) is 16.0. The second-order valence-electron chi connectivity index (χ2n) is 6.97. The van der Waals surface area contributed by atoms with E-state index in [9.17, 15) is 4.79 Å². The Morgan fingerprint density at radius 1 is 1.15 bits per heavy atom. The summed E-state index contributed by atoms with van der Waals surface area (Å²) in [5.74, 6) is 0.897. The summed E-state index contributed by atoms with van der Waals surface area (Å²) in [7, 11) is 0. The second kappa shape index (κ2) is 9.72. The van der Waals surface area contributed by atoms with Gasteiger partial charge in [0.15, 0.2) is 0 Å². The van der Waals surface area contributed by atoms with E-state index in [-0.39, 0.29) is 18.3 Å². The topological polar surface area (TPSA) is 58.4 Å². The van der Waals surface area contributed by atoms with Crippen LogP contribution >= 0.6 is 12.4 Å². The number of carbonyl (C=O) groups is 1. The van der Waals surface area contributed by atoms with Crippen molar-refractivity contribution in [2.45, 2.75) is 19.4 Å². The third-order valence-corrected chi connectivity index (χ3v) is 4.99. The number of nitrogens with zero attached hydrogens (tertiary/aromatic N) is 1. The van der Waals surface area contributed by atoms with Gasteiger partial charge in [-0.2, -0.15) is 0 Å². The maximum atomic E-state index is 12.3. The SMILES string of the molecule is Cc1cccc(CNC(=O)CN2C[C@@H](CN)[C@H](c3ccccc3)C2)c1.Cl. The first-order chi connectivity index (χ1) is 12.2. The molecule has 0 saturated carbocycles. The van der Waals surface area contributed by atoms with Crippen LogP contribution in [-0.2, 0) is 11.3 Å². The monoisotopic (exact) mass is 373 g/mol. The fraction of sp³-hybridized carbons (Fsp3) is 0.381. The number of hydrogen-bond acceptors (Lipinski definition) is 3. The molecule has 0 radical (unpaired) electrons. The van der Waals surface area contributed by atoms with Crippen LogP contribution in [0.5, 0.6) is 0 Å². The first-order valence-electron chi connectivity index (χ1n) is 8.95. The van der Waals surface area contributed by atoms with Gasteiger partial charge < -0.3 is 11.1 Å². The average molecular weight is 374 g/mol. The molecule has 1 heterocycles. The van der Waals surface area contributed by atoms with Crippen LogP contribution in [-0.4, -0.2) is 37.0 Å². The Hall–Kier alpha value is -1.88. The van der Waals surface area contributed by atoms with Crippen molar-refractivity contribution >= 4 is 18.3 Å². The molecule has 4 nitrogen and oxygen atoms in total. The number of hydrogen-bond donors (Lipinski definition) is 2. The molecule has 2 atom stereocenters. The van der Waals surface area contributed by atoms with E-state index >= 15 is 0 Å². The van der Waals surface area contributed by atoms with Crippen LogP contribution in [0.25, 0.3) is 0 Å². The van der Waals surface area contributed by atoms with Gasteiger partial charge >= 0.3 is 0 Å². The predicted octanol–water partition coefficient (Wildman–Crippen LogP) is 2.71. The van der Waals surface area contributed by atoms with Crippen molar-refractivity contribution in [2.75, 3.05) is 26.2 Å². The number of amides is 1. The maximum absolute atomic E-state index is 12.3. The molecule has 0 unspecified atom stereocenters. The highest BCUT2D eigenvalue weighted by Crippen LogP contribution is 2.31. The first-order valence-corrected chi connectivity index (χ1v) is 8.95. The van der Waals surface area contributed by atoms with Crippen LogP contribution in [0.4, 0.5) is 0 Å². The number of nitrogens with one attached hydrogen (secondary N) is 1. The van der Waals surface area contributed by atoms with Gasteiger partial charge in [-0.3, -0.25) is 9.69 Å². The average Bonchev–Trinajstić information content (AvgIpc) is 3.03. The smallest absolute Gasteiger partial charge is 0.234 e. The quantitative estimate of drug-likeness (QED) is 0.818. The van der Waals surface area contributed by atoms with Gasteiger partial charge in [0.25, 0.3) is 0 Å². The van der Waals surface area contributed by atoms with Crippen LogP contribution in [0.3, 0.4) is 0 Å². The van der Waals surface area contributed by atoms with Gasteiger partial charge in [0.05, 0.1) is 6.54 Å². The lowest BCUT2D eigenvalue weighted by Crippen LogP contribution is -2.36. The van der Waals surface area contributed by atoms with Gasteiger partial charge in [-0.25, -0.2) is 0 Å². The molecule has 0 aromatic heterocycles. The zero-order valence-electron chi connectivity index (χ0n) is 15.2. The minimum Gasteiger partial charge on any atom is -0.351 e. The molecule has 140 valence electrons. The van der Waals surface area contributed by atoms with E-state index in [1.54, 1.807) is 0 Å². The highest BCUT2D eigenvalue weighted by Gasteiger charge is 2.33. The standard InChI is InChI=1S/C21H27N3O.ClH/c1-16-6-5-7-17(10-16)12-23-21(25)15-24-13-19(11-22)20(14-24)18-8-3-2-4-9-18;/h2-10,19-20H,11-15,22H2,1H3,(H,23,25);1H/t19-,20+;/m1./s1. The van der Waals surface area contributed by atoms with E-state index in [1.165, 1.54) is 11.1 Å². The lowest BCUT2D eigenvalue weighted by Gasteiger charge is -2.16. The predicted molar refractivity (Wildman–Crippen MR) is 108 cm³/mol. The summed E-state index contributed by atoms with van der Waals surface area (Å²) < 4.78 is 0. The molecule has 26 heavy (non-hydrogen) atoms. The molecule has 0 spiro atoms. The molecule has 1 amide bonds. The van der Waals surface area contributed by atoms with Crippen LogP contribution in [0.15, 0.2) is 54.6 Å². The molecule has 2 aromatic rings. The van der Waals surface area contributed by atoms with Gasteiger partial charge in [0.2, 0.25) is 5.91 Å². The van der Waals surface area contributed by atoms with E-state index in [0.717, 1.165) is 18.7 Å². The molecular weight excluding hydrogens is 346 g/mol. The third kappa shape index (κ3) is 5.31. The Kier molecular flexibility index (Phi) is 7.64. The van der Waals surface area contributed by atoms with Crippen molar-refractivity contribution in [1.29, 1.82) is 0 Å². The Morgan fingerprint density at radius 3 is 2.62 bits per heavy atom. The lowest BCUT2D eigenvalue weighted by molar-refractivity contribution is -0.122. The molecule has 5 heteroatoms. The van der Waals surface area contributed by atoms with E-state index in [2.05, 4.69) is 53.5 Å². The number of carbonyl (C=O) groups excluding carboxylic acids is 1. The molecule has 1 aliphatic rings. The van der Waals surface area contributed by atoms with Gasteiger partial charge in [0, 0.05) is 25.6 Å². The molecule has 1 fully saturated rings. The number of benzene rings is 2. The van der Waals surface area contributed by atoms with Crippen molar-refractivity contribution in [3.05, 3.63) is 71.3 Å². The molecule has 3 rings (SSSR count). The van der Waals surface area contributed by atoms with E-state index in [0.29, 0.717) is 31.5 Å². The van der Waals surface area contributed by atoms with Crippen molar-refractivity contribution in [3.63, 3.8) is 0 Å². The Balaban J connectivity index is 0.00000243. The molecule has 1 aliphatic heterocycles. The minimum absolute atomic E-state index is 0. The molecule has 0 bridgehead atoms. The summed E-state index contributed by atoms with van der Waals surface area (Å²) in [6.45, 7) is 5.51. The summed E-state index contributed by atoms with van der Waals surface area (Å²) in [5, 5.41) is 3.03. The summed E-state index contributed by atoms with van der Waals surface area (Å²) in [6.07, 6.45) is 0. The van der Waals surface area contributed by atoms with Crippen LogP contribution < -0.4 is 11.1 Å². The summed E-state index contributed by atoms with van der Waals surface area (Å²) >= 11 is 0.